The van der Waals surface area contributed by atoms with Crippen molar-refractivity contribution in [3.8, 4) is 0 Å². The molecule has 0 N–H and O–H groups in total. The van der Waals surface area contributed by atoms with Crippen LogP contribution in [0.1, 0.15) is 12.5 Å². The maximum absolute atomic E-state index is 2.19. The van der Waals surface area contributed by atoms with Crippen LogP contribution in [-0.2, 0) is 0 Å². The summed E-state index contributed by atoms with van der Waals surface area (Å²) < 4.78 is 2.18. The van der Waals surface area contributed by atoms with Crippen LogP contribution in [-0.4, -0.2) is 0 Å². The summed E-state index contributed by atoms with van der Waals surface area (Å²) in [6.45, 7) is 2.16. The van der Waals surface area contributed by atoms with E-state index in [4.69, 9.17) is 0 Å². The van der Waals surface area contributed by atoms with Crippen molar-refractivity contribution in [2.24, 2.45) is 0 Å². The second kappa shape index (κ2) is 3.80. The highest BCUT2D eigenvalue weighted by Crippen LogP contribution is 2.34. The summed E-state index contributed by atoms with van der Waals surface area (Å²) in [6.07, 6.45) is 4.28. The fourth-order valence-corrected chi connectivity index (χ4v) is 2.98. The predicted octanol–water partition coefficient (Wildman–Crippen LogP) is 3.46. The van der Waals surface area contributed by atoms with Gasteiger partial charge in [-0.05, 0) is 36.4 Å². The van der Waals surface area contributed by atoms with E-state index in [0.29, 0.717) is 0 Å². The Morgan fingerprint density at radius 3 is 2.75 bits per heavy atom. The molecule has 2 aromatic rings. The van der Waals surface area contributed by atoms with Gasteiger partial charge >= 0.3 is 0 Å². The molecule has 0 spiro atoms. The highest BCUT2D eigenvalue weighted by atomic mass is 32.2. The number of hydrogen-bond donors (Lipinski definition) is 0. The van der Waals surface area contributed by atoms with Crippen molar-refractivity contribution in [1.82, 2.24) is 0 Å². The first-order valence-corrected chi connectivity index (χ1v) is 6.12. The van der Waals surface area contributed by atoms with Crippen LogP contribution in [0, 0.1) is 0 Å². The van der Waals surface area contributed by atoms with Crippen molar-refractivity contribution in [2.45, 2.75) is 16.8 Å². The molecule has 2 heteroatoms. The second-order valence-electron chi connectivity index (χ2n) is 3.86. The van der Waals surface area contributed by atoms with E-state index in [0.717, 1.165) is 0 Å². The molecule has 2 heterocycles. The minimum atomic E-state index is 1.26. The first-order valence-electron chi connectivity index (χ1n) is 5.30. The smallest absolute Gasteiger partial charge is 0.161 e. The number of aromatic nitrogens is 1. The van der Waals surface area contributed by atoms with Gasteiger partial charge in [-0.1, -0.05) is 18.2 Å². The number of fused-ring (bicyclic) bond motifs is 2. The zero-order valence-electron chi connectivity index (χ0n) is 9.05. The minimum absolute atomic E-state index is 1.26. The molecule has 0 unspecified atom stereocenters. The second-order valence-corrected chi connectivity index (χ2v) is 4.92. The van der Waals surface area contributed by atoms with Crippen molar-refractivity contribution >= 4 is 23.5 Å². The molecule has 0 saturated heterocycles. The van der Waals surface area contributed by atoms with E-state index in [2.05, 4.69) is 66.4 Å². The van der Waals surface area contributed by atoms with Crippen LogP contribution >= 0.6 is 11.8 Å². The lowest BCUT2D eigenvalue weighted by atomic mass is 10.1. The lowest BCUT2D eigenvalue weighted by molar-refractivity contribution is -0.609. The van der Waals surface area contributed by atoms with Crippen molar-refractivity contribution in [3.63, 3.8) is 0 Å². The highest BCUT2D eigenvalue weighted by molar-refractivity contribution is 7.99. The zero-order valence-corrected chi connectivity index (χ0v) is 9.87. The van der Waals surface area contributed by atoms with E-state index >= 15 is 0 Å². The first kappa shape index (κ1) is 9.67. The van der Waals surface area contributed by atoms with E-state index in [-0.39, 0.29) is 0 Å². The van der Waals surface area contributed by atoms with Gasteiger partial charge in [0.2, 0.25) is 5.03 Å². The Bertz CT molecular complexity index is 572. The van der Waals surface area contributed by atoms with Crippen molar-refractivity contribution in [2.75, 3.05) is 0 Å². The minimum Gasteiger partial charge on any atom is -0.161 e. The number of rotatable bonds is 0. The summed E-state index contributed by atoms with van der Waals surface area (Å²) in [5.74, 6) is 0. The summed E-state index contributed by atoms with van der Waals surface area (Å²) in [5.41, 5.74) is 2.63. The number of pyridine rings is 1. The molecule has 1 aliphatic heterocycles. The van der Waals surface area contributed by atoms with Crippen LogP contribution in [0.2, 0.25) is 0 Å². The van der Waals surface area contributed by atoms with Crippen LogP contribution < -0.4 is 4.57 Å². The van der Waals surface area contributed by atoms with E-state index < -0.39 is 0 Å². The number of nitrogens with zero attached hydrogens (tertiary/aromatic N) is 1. The Balaban J connectivity index is 2.25. The Morgan fingerprint density at radius 1 is 1.00 bits per heavy atom. The largest absolute Gasteiger partial charge is 0.250 e. The third-order valence-electron chi connectivity index (χ3n) is 2.71. The topological polar surface area (TPSA) is 3.88 Å². The molecule has 0 fully saturated rings. The molecular weight excluding hydrogens is 214 g/mol. The molecule has 1 aromatic heterocycles. The van der Waals surface area contributed by atoms with Crippen LogP contribution in [0.15, 0.2) is 58.6 Å². The quantitative estimate of drug-likeness (QED) is 0.622. The van der Waals surface area contributed by atoms with Gasteiger partial charge in [0.15, 0.2) is 12.4 Å². The van der Waals surface area contributed by atoms with Gasteiger partial charge in [-0.3, -0.25) is 0 Å². The Morgan fingerprint density at radius 2 is 1.81 bits per heavy atom. The molecule has 0 bridgehead atoms. The highest BCUT2D eigenvalue weighted by Gasteiger charge is 2.17. The predicted molar refractivity (Wildman–Crippen MR) is 67.0 cm³/mol. The lowest BCUT2D eigenvalue weighted by Gasteiger charge is -2.02. The van der Waals surface area contributed by atoms with E-state index in [1.54, 1.807) is 0 Å². The fourth-order valence-electron chi connectivity index (χ4n) is 1.91. The average molecular weight is 226 g/mol. The van der Waals surface area contributed by atoms with Gasteiger partial charge in [0.05, 0.1) is 0 Å². The van der Waals surface area contributed by atoms with E-state index in [1.165, 1.54) is 21.1 Å². The van der Waals surface area contributed by atoms with Gasteiger partial charge in [0.25, 0.3) is 0 Å². The maximum Gasteiger partial charge on any atom is 0.250 e. The molecule has 0 aliphatic carbocycles. The molecule has 1 aromatic carbocycles. The summed E-state index contributed by atoms with van der Waals surface area (Å²) in [5, 5.41) is 1.26. The summed E-state index contributed by atoms with van der Waals surface area (Å²) in [7, 11) is 0. The summed E-state index contributed by atoms with van der Waals surface area (Å²) >= 11 is 1.82. The van der Waals surface area contributed by atoms with Crippen LogP contribution in [0.4, 0.5) is 0 Å². The molecule has 16 heavy (non-hydrogen) atoms. The van der Waals surface area contributed by atoms with Crippen molar-refractivity contribution in [1.29, 1.82) is 0 Å². The molecule has 1 aliphatic rings. The molecular formula is C14H12NS+. The molecule has 0 amide bonds. The monoisotopic (exact) mass is 226 g/mol. The third kappa shape index (κ3) is 1.55. The van der Waals surface area contributed by atoms with Crippen molar-refractivity contribution < 1.29 is 4.57 Å². The summed E-state index contributed by atoms with van der Waals surface area (Å²) in [6, 6.07) is 14.8. The molecule has 0 radical (unpaired) electrons. The zero-order chi connectivity index (χ0) is 11.0. The Labute approximate surface area is 99.4 Å². The van der Waals surface area contributed by atoms with Crippen LogP contribution in [0.3, 0.4) is 0 Å². The van der Waals surface area contributed by atoms with Gasteiger partial charge < -0.3 is 0 Å². The average Bonchev–Trinajstić information content (AvgIpc) is 2.45. The number of benzene rings is 1. The standard InChI is InChI=1S/C14H12NS/c1-11-10-15-9-5-4-8-14(15)16-13-7-3-2-6-12(11)13/h2-10H,1H3/q+1. The Hall–Kier alpha value is -1.54. The number of hydrogen-bond acceptors (Lipinski definition) is 1. The van der Waals surface area contributed by atoms with Gasteiger partial charge in [-0.25, -0.2) is 0 Å². The maximum atomic E-state index is 2.19. The lowest BCUT2D eigenvalue weighted by Crippen LogP contribution is -2.27. The van der Waals surface area contributed by atoms with Crippen LogP contribution in [0.5, 0.6) is 0 Å². The third-order valence-corrected chi connectivity index (χ3v) is 3.84. The van der Waals surface area contributed by atoms with Gasteiger partial charge in [0.1, 0.15) is 0 Å². The van der Waals surface area contributed by atoms with Gasteiger partial charge in [-0.2, -0.15) is 4.57 Å². The van der Waals surface area contributed by atoms with Crippen molar-refractivity contribution in [3.05, 3.63) is 54.2 Å². The molecule has 3 rings (SSSR count). The molecule has 0 atom stereocenters. The first-order chi connectivity index (χ1) is 7.84. The van der Waals surface area contributed by atoms with E-state index in [1.807, 2.05) is 11.8 Å². The molecule has 0 saturated carbocycles. The summed E-state index contributed by atoms with van der Waals surface area (Å²) in [4.78, 5) is 1.33. The number of allylic oxidation sites excluding steroid dienone is 1. The normalized spacial score (nSPS) is 13.4. The van der Waals surface area contributed by atoms with Crippen LogP contribution in [0.25, 0.3) is 11.8 Å². The van der Waals surface area contributed by atoms with E-state index in [9.17, 15) is 0 Å². The van der Waals surface area contributed by atoms with Gasteiger partial charge in [-0.15, -0.1) is 0 Å². The fraction of sp³-hybridized carbons (Fsp3) is 0.0714. The molecule has 1 nitrogen and oxygen atoms in total. The molecule has 78 valence electrons. The Kier molecular flexibility index (Phi) is 2.29. The van der Waals surface area contributed by atoms with Gasteiger partial charge in [0, 0.05) is 22.6 Å². The SMILES string of the molecule is CC1=C[n+]2ccccc2Sc2ccccc21.